The van der Waals surface area contributed by atoms with Crippen LogP contribution in [0.5, 0.6) is 17.2 Å². The van der Waals surface area contributed by atoms with Crippen LogP contribution in [0.25, 0.3) is 0 Å². The summed E-state index contributed by atoms with van der Waals surface area (Å²) in [5.41, 5.74) is 0.456. The predicted octanol–water partition coefficient (Wildman–Crippen LogP) is 2.42. The number of carbonyl (C=O) groups is 1. The highest BCUT2D eigenvalue weighted by molar-refractivity contribution is 5.81. The van der Waals surface area contributed by atoms with Gasteiger partial charge in [-0.3, -0.25) is 4.79 Å². The zero-order valence-electron chi connectivity index (χ0n) is 11.0. The van der Waals surface area contributed by atoms with Crippen LogP contribution in [0.1, 0.15) is 30.1 Å². The molecule has 0 N–H and O–H groups in total. The van der Waals surface area contributed by atoms with Gasteiger partial charge in [0.2, 0.25) is 6.79 Å². The molecule has 0 bridgehead atoms. The fourth-order valence-corrected chi connectivity index (χ4v) is 1.72. The predicted molar refractivity (Wildman–Crippen MR) is 69.2 cm³/mol. The summed E-state index contributed by atoms with van der Waals surface area (Å²) < 4.78 is 21.4. The molecule has 5 heteroatoms. The van der Waals surface area contributed by atoms with Crippen molar-refractivity contribution in [2.75, 3.05) is 26.6 Å². The highest BCUT2D eigenvalue weighted by Gasteiger charge is 2.17. The smallest absolute Gasteiger partial charge is 0.231 e. The van der Waals surface area contributed by atoms with Gasteiger partial charge in [0.25, 0.3) is 0 Å². The van der Waals surface area contributed by atoms with Crippen LogP contribution in [0, 0.1) is 0 Å². The lowest BCUT2D eigenvalue weighted by Gasteiger charge is -2.09. The van der Waals surface area contributed by atoms with Crippen molar-refractivity contribution in [3.8, 4) is 17.2 Å². The van der Waals surface area contributed by atoms with Crippen molar-refractivity contribution in [2.45, 2.75) is 19.8 Å². The Morgan fingerprint density at radius 3 is 2.74 bits per heavy atom. The van der Waals surface area contributed by atoms with Gasteiger partial charge in [-0.25, -0.2) is 0 Å². The molecule has 5 nitrogen and oxygen atoms in total. The van der Waals surface area contributed by atoms with E-state index in [1.165, 1.54) is 0 Å². The fraction of sp³-hybridized carbons (Fsp3) is 0.500. The van der Waals surface area contributed by atoms with Gasteiger partial charge in [0.05, 0.1) is 12.2 Å². The second-order valence-corrected chi connectivity index (χ2v) is 4.18. The van der Waals surface area contributed by atoms with Gasteiger partial charge >= 0.3 is 0 Å². The molecular weight excluding hydrogens is 248 g/mol. The van der Waals surface area contributed by atoms with Crippen LogP contribution in [0.2, 0.25) is 0 Å². The first-order chi connectivity index (χ1) is 9.35. The molecule has 104 valence electrons. The Bertz CT molecular complexity index is 430. The summed E-state index contributed by atoms with van der Waals surface area (Å²) in [4.78, 5) is 11.0. The van der Waals surface area contributed by atoms with Crippen molar-refractivity contribution in [2.24, 2.45) is 0 Å². The summed E-state index contributed by atoms with van der Waals surface area (Å²) in [5, 5.41) is 0. The van der Waals surface area contributed by atoms with Crippen molar-refractivity contribution in [1.82, 2.24) is 0 Å². The highest BCUT2D eigenvalue weighted by atomic mass is 16.7. The standard InChI is InChI=1S/C14H18O5/c1-2-3-4-16-5-6-17-12-8-14-13(18-10-19-14)7-11(12)9-15/h7-9H,2-6,10H2,1H3. The third-order valence-electron chi connectivity index (χ3n) is 2.76. The van der Waals surface area contributed by atoms with Crippen LogP contribution in [0.3, 0.4) is 0 Å². The van der Waals surface area contributed by atoms with E-state index < -0.39 is 0 Å². The van der Waals surface area contributed by atoms with Crippen molar-refractivity contribution >= 4 is 6.29 Å². The Morgan fingerprint density at radius 2 is 2.00 bits per heavy atom. The minimum Gasteiger partial charge on any atom is -0.490 e. The molecule has 1 aliphatic heterocycles. The Balaban J connectivity index is 1.87. The first-order valence-electron chi connectivity index (χ1n) is 6.44. The van der Waals surface area contributed by atoms with E-state index in [4.69, 9.17) is 18.9 Å². The third-order valence-corrected chi connectivity index (χ3v) is 2.76. The van der Waals surface area contributed by atoms with Gasteiger partial charge in [-0.05, 0) is 12.5 Å². The normalized spacial score (nSPS) is 12.5. The Morgan fingerprint density at radius 1 is 1.21 bits per heavy atom. The fourth-order valence-electron chi connectivity index (χ4n) is 1.72. The molecule has 0 spiro atoms. The lowest BCUT2D eigenvalue weighted by molar-refractivity contribution is 0.0968. The maximum Gasteiger partial charge on any atom is 0.231 e. The molecule has 0 saturated heterocycles. The summed E-state index contributed by atoms with van der Waals surface area (Å²) in [7, 11) is 0. The van der Waals surface area contributed by atoms with Gasteiger partial charge in [-0.1, -0.05) is 13.3 Å². The molecule has 19 heavy (non-hydrogen) atoms. The second kappa shape index (κ2) is 6.99. The van der Waals surface area contributed by atoms with Gasteiger partial charge in [0.15, 0.2) is 17.8 Å². The molecule has 0 aliphatic carbocycles. The van der Waals surface area contributed by atoms with Gasteiger partial charge in [0.1, 0.15) is 12.4 Å². The van der Waals surface area contributed by atoms with E-state index >= 15 is 0 Å². The molecule has 1 aliphatic rings. The number of aldehydes is 1. The van der Waals surface area contributed by atoms with Crippen molar-refractivity contribution in [3.05, 3.63) is 17.7 Å². The van der Waals surface area contributed by atoms with Gasteiger partial charge in [0, 0.05) is 12.7 Å². The summed E-state index contributed by atoms with van der Waals surface area (Å²) in [6, 6.07) is 3.31. The van der Waals surface area contributed by atoms with E-state index in [2.05, 4.69) is 6.92 Å². The Labute approximate surface area is 112 Å². The Kier molecular flexibility index (Phi) is 5.03. The molecular formula is C14H18O5. The van der Waals surface area contributed by atoms with Crippen LogP contribution in [0.4, 0.5) is 0 Å². The number of unbranched alkanes of at least 4 members (excludes halogenated alkanes) is 1. The summed E-state index contributed by atoms with van der Waals surface area (Å²) in [5.74, 6) is 1.68. The van der Waals surface area contributed by atoms with E-state index in [9.17, 15) is 4.79 Å². The number of hydrogen-bond donors (Lipinski definition) is 0. The minimum atomic E-state index is 0.178. The molecule has 2 rings (SSSR count). The van der Waals surface area contributed by atoms with Crippen LogP contribution in [-0.4, -0.2) is 32.9 Å². The average molecular weight is 266 g/mol. The van der Waals surface area contributed by atoms with Gasteiger partial charge in [-0.15, -0.1) is 0 Å². The largest absolute Gasteiger partial charge is 0.490 e. The highest BCUT2D eigenvalue weighted by Crippen LogP contribution is 2.37. The number of benzene rings is 1. The molecule has 0 amide bonds. The lowest BCUT2D eigenvalue weighted by Crippen LogP contribution is -2.08. The summed E-state index contributed by atoms with van der Waals surface area (Å²) in [6.45, 7) is 3.94. The van der Waals surface area contributed by atoms with E-state index in [0.717, 1.165) is 25.7 Å². The van der Waals surface area contributed by atoms with Crippen molar-refractivity contribution in [1.29, 1.82) is 0 Å². The molecule has 1 aromatic rings. The minimum absolute atomic E-state index is 0.178. The molecule has 0 aromatic heterocycles. The van der Waals surface area contributed by atoms with Crippen LogP contribution < -0.4 is 14.2 Å². The molecule has 1 aromatic carbocycles. The van der Waals surface area contributed by atoms with Crippen LogP contribution in [0.15, 0.2) is 12.1 Å². The quantitative estimate of drug-likeness (QED) is 0.534. The third kappa shape index (κ3) is 3.61. The van der Waals surface area contributed by atoms with Gasteiger partial charge < -0.3 is 18.9 Å². The van der Waals surface area contributed by atoms with E-state index in [0.29, 0.717) is 36.0 Å². The average Bonchev–Trinajstić information content (AvgIpc) is 2.88. The number of hydrogen-bond acceptors (Lipinski definition) is 5. The number of rotatable bonds is 8. The maximum absolute atomic E-state index is 11.0. The molecule has 0 saturated carbocycles. The van der Waals surface area contributed by atoms with E-state index in [-0.39, 0.29) is 6.79 Å². The number of carbonyl (C=O) groups excluding carboxylic acids is 1. The zero-order chi connectivity index (χ0) is 13.5. The summed E-state index contributed by atoms with van der Waals surface area (Å²) >= 11 is 0. The molecule has 0 radical (unpaired) electrons. The van der Waals surface area contributed by atoms with Crippen LogP contribution in [-0.2, 0) is 4.74 Å². The van der Waals surface area contributed by atoms with Gasteiger partial charge in [-0.2, -0.15) is 0 Å². The Hall–Kier alpha value is -1.75. The van der Waals surface area contributed by atoms with E-state index in [1.807, 2.05) is 0 Å². The number of ether oxygens (including phenoxy) is 4. The second-order valence-electron chi connectivity index (χ2n) is 4.18. The van der Waals surface area contributed by atoms with Crippen molar-refractivity contribution in [3.63, 3.8) is 0 Å². The van der Waals surface area contributed by atoms with Crippen LogP contribution >= 0.6 is 0 Å². The van der Waals surface area contributed by atoms with E-state index in [1.54, 1.807) is 12.1 Å². The summed E-state index contributed by atoms with van der Waals surface area (Å²) in [6.07, 6.45) is 2.90. The maximum atomic E-state index is 11.0. The van der Waals surface area contributed by atoms with Crippen molar-refractivity contribution < 1.29 is 23.7 Å². The topological polar surface area (TPSA) is 54.0 Å². The molecule has 0 unspecified atom stereocenters. The lowest BCUT2D eigenvalue weighted by atomic mass is 10.2. The molecule has 1 heterocycles. The first kappa shape index (κ1) is 13.7. The zero-order valence-corrected chi connectivity index (χ0v) is 11.0. The molecule has 0 atom stereocenters. The molecule has 0 fully saturated rings. The SMILES string of the molecule is CCCCOCCOc1cc2c(cc1C=O)OCO2. The monoisotopic (exact) mass is 266 g/mol. The number of fused-ring (bicyclic) bond motifs is 1. The first-order valence-corrected chi connectivity index (χ1v) is 6.44.